The fraction of sp³-hybridized carbons (Fsp3) is 0.167. The van der Waals surface area contributed by atoms with E-state index in [1.807, 2.05) is 48.2 Å². The van der Waals surface area contributed by atoms with Crippen molar-refractivity contribution in [3.05, 3.63) is 70.2 Å². The average Bonchev–Trinajstić information content (AvgIpc) is 3.07. The van der Waals surface area contributed by atoms with Crippen LogP contribution in [0, 0.1) is 17.0 Å². The topological polar surface area (TPSA) is 97.1 Å². The first-order chi connectivity index (χ1) is 12.6. The summed E-state index contributed by atoms with van der Waals surface area (Å²) in [4.78, 5) is 25.8. The molecule has 0 unspecified atom stereocenters. The summed E-state index contributed by atoms with van der Waals surface area (Å²) in [5, 5.41) is 14.8. The Morgan fingerprint density at radius 1 is 1.12 bits per heavy atom. The lowest BCUT2D eigenvalue weighted by Gasteiger charge is -2.19. The van der Waals surface area contributed by atoms with Crippen molar-refractivity contribution in [3.8, 4) is 0 Å². The number of benzene rings is 1. The number of rotatable bonds is 4. The number of aromatic nitrogens is 3. The van der Waals surface area contributed by atoms with Gasteiger partial charge in [0.25, 0.3) is 0 Å². The number of para-hydroxylation sites is 1. The lowest BCUT2D eigenvalue weighted by molar-refractivity contribution is -0.383. The van der Waals surface area contributed by atoms with Crippen molar-refractivity contribution in [1.82, 2.24) is 15.0 Å². The molecule has 0 amide bonds. The number of nitrogens with one attached hydrogen (secondary N) is 1. The van der Waals surface area contributed by atoms with Gasteiger partial charge in [0.05, 0.1) is 4.92 Å². The molecule has 0 fully saturated rings. The van der Waals surface area contributed by atoms with E-state index in [4.69, 9.17) is 0 Å². The molecular weight excluding hydrogens is 332 g/mol. The first-order valence-electron chi connectivity index (χ1n) is 8.18. The van der Waals surface area contributed by atoms with Gasteiger partial charge in [0, 0.05) is 18.4 Å². The van der Waals surface area contributed by atoms with Gasteiger partial charge < -0.3 is 10.2 Å². The van der Waals surface area contributed by atoms with Gasteiger partial charge in [0.2, 0.25) is 11.6 Å². The zero-order valence-corrected chi connectivity index (χ0v) is 14.1. The van der Waals surface area contributed by atoms with Crippen molar-refractivity contribution < 1.29 is 4.92 Å². The Morgan fingerprint density at radius 3 is 2.77 bits per heavy atom. The number of fused-ring (bicyclic) bond motifs is 1. The Kier molecular flexibility index (Phi) is 3.92. The Bertz CT molecular complexity index is 991. The fourth-order valence-corrected chi connectivity index (χ4v) is 3.11. The van der Waals surface area contributed by atoms with Crippen LogP contribution in [0.15, 0.2) is 48.9 Å². The van der Waals surface area contributed by atoms with E-state index in [0.717, 1.165) is 23.2 Å². The van der Waals surface area contributed by atoms with E-state index < -0.39 is 4.92 Å². The highest BCUT2D eigenvalue weighted by Gasteiger charge is 2.31. The average molecular weight is 348 g/mol. The monoisotopic (exact) mass is 348 g/mol. The van der Waals surface area contributed by atoms with Crippen LogP contribution in [0.2, 0.25) is 0 Å². The summed E-state index contributed by atoms with van der Waals surface area (Å²) in [5.41, 5.74) is 2.80. The second-order valence-electron chi connectivity index (χ2n) is 5.98. The molecule has 26 heavy (non-hydrogen) atoms. The molecule has 0 saturated carbocycles. The lowest BCUT2D eigenvalue weighted by atomic mass is 10.2. The highest BCUT2D eigenvalue weighted by Crippen LogP contribution is 2.40. The normalized spacial score (nSPS) is 12.7. The van der Waals surface area contributed by atoms with Crippen molar-refractivity contribution in [2.24, 2.45) is 0 Å². The Balaban J connectivity index is 1.80. The number of pyridine rings is 1. The van der Waals surface area contributed by atoms with Crippen LogP contribution in [-0.2, 0) is 6.42 Å². The number of aryl methyl sites for hydroxylation is 1. The van der Waals surface area contributed by atoms with Gasteiger partial charge in [0.15, 0.2) is 0 Å². The van der Waals surface area contributed by atoms with Crippen LogP contribution < -0.4 is 10.2 Å². The van der Waals surface area contributed by atoms with Crippen LogP contribution in [-0.4, -0.2) is 26.4 Å². The highest BCUT2D eigenvalue weighted by atomic mass is 16.6. The number of nitro groups is 1. The van der Waals surface area contributed by atoms with Gasteiger partial charge in [-0.1, -0.05) is 24.3 Å². The first kappa shape index (κ1) is 15.9. The smallest absolute Gasteiger partial charge is 0.320 e. The van der Waals surface area contributed by atoms with Crippen molar-refractivity contribution >= 4 is 28.8 Å². The molecular formula is C18H16N6O2. The van der Waals surface area contributed by atoms with Crippen molar-refractivity contribution in [2.75, 3.05) is 16.8 Å². The minimum atomic E-state index is -0.448. The molecule has 0 bridgehead atoms. The van der Waals surface area contributed by atoms with E-state index in [1.54, 1.807) is 6.20 Å². The van der Waals surface area contributed by atoms with Gasteiger partial charge in [-0.3, -0.25) is 10.1 Å². The maximum Gasteiger partial charge on any atom is 0.354 e. The largest absolute Gasteiger partial charge is 0.354 e. The van der Waals surface area contributed by atoms with Gasteiger partial charge in [0.1, 0.15) is 12.1 Å². The van der Waals surface area contributed by atoms with Gasteiger partial charge >= 0.3 is 5.69 Å². The molecule has 0 aliphatic carbocycles. The lowest BCUT2D eigenvalue weighted by Crippen LogP contribution is -2.17. The SMILES string of the molecule is Cc1cccnc1Nc1ncnc(N2CCc3ccccc32)c1[N+](=O)[O-]. The molecule has 0 spiro atoms. The van der Waals surface area contributed by atoms with Crippen LogP contribution in [0.1, 0.15) is 11.1 Å². The van der Waals surface area contributed by atoms with Crippen molar-refractivity contribution in [2.45, 2.75) is 13.3 Å². The number of hydrogen-bond acceptors (Lipinski definition) is 7. The molecule has 0 radical (unpaired) electrons. The highest BCUT2D eigenvalue weighted by molar-refractivity contribution is 5.80. The van der Waals surface area contributed by atoms with Gasteiger partial charge in [-0.15, -0.1) is 0 Å². The zero-order valence-electron chi connectivity index (χ0n) is 14.1. The summed E-state index contributed by atoms with van der Waals surface area (Å²) in [7, 11) is 0. The van der Waals surface area contributed by atoms with Crippen LogP contribution in [0.4, 0.5) is 28.8 Å². The van der Waals surface area contributed by atoms with Crippen LogP contribution in [0.3, 0.4) is 0 Å². The third-order valence-corrected chi connectivity index (χ3v) is 4.37. The molecule has 1 aromatic carbocycles. The van der Waals surface area contributed by atoms with Gasteiger partial charge in [-0.05, 0) is 36.6 Å². The summed E-state index contributed by atoms with van der Waals surface area (Å²) in [6.45, 7) is 2.51. The zero-order chi connectivity index (χ0) is 18.1. The molecule has 1 aliphatic rings. The molecule has 1 N–H and O–H groups in total. The maximum atomic E-state index is 11.8. The van der Waals surface area contributed by atoms with E-state index in [-0.39, 0.29) is 17.3 Å². The van der Waals surface area contributed by atoms with E-state index >= 15 is 0 Å². The molecule has 1 aliphatic heterocycles. The Morgan fingerprint density at radius 2 is 1.96 bits per heavy atom. The molecule has 130 valence electrons. The standard InChI is InChI=1S/C18H16N6O2/c1-12-5-4-9-19-16(12)22-17-15(24(25)26)18(21-11-20-17)23-10-8-13-6-2-3-7-14(13)23/h2-7,9,11H,8,10H2,1H3,(H,19,20,21,22). The van der Waals surface area contributed by atoms with Gasteiger partial charge in [-0.2, -0.15) is 0 Å². The predicted octanol–water partition coefficient (Wildman–Crippen LogP) is 3.53. The minimum absolute atomic E-state index is 0.131. The summed E-state index contributed by atoms with van der Waals surface area (Å²) >= 11 is 0. The van der Waals surface area contributed by atoms with Crippen molar-refractivity contribution in [1.29, 1.82) is 0 Å². The maximum absolute atomic E-state index is 11.8. The molecule has 8 heteroatoms. The summed E-state index contributed by atoms with van der Waals surface area (Å²) in [5.74, 6) is 0.944. The number of nitrogens with zero attached hydrogens (tertiary/aromatic N) is 5. The van der Waals surface area contributed by atoms with Crippen LogP contribution in [0.5, 0.6) is 0 Å². The third kappa shape index (κ3) is 2.71. The van der Waals surface area contributed by atoms with Crippen LogP contribution >= 0.6 is 0 Å². The van der Waals surface area contributed by atoms with E-state index in [1.165, 1.54) is 6.33 Å². The fourth-order valence-electron chi connectivity index (χ4n) is 3.11. The van der Waals surface area contributed by atoms with Crippen LogP contribution in [0.25, 0.3) is 0 Å². The molecule has 4 rings (SSSR count). The van der Waals surface area contributed by atoms with Gasteiger partial charge in [-0.25, -0.2) is 15.0 Å². The Hall–Kier alpha value is -3.55. The van der Waals surface area contributed by atoms with E-state index in [2.05, 4.69) is 20.3 Å². The summed E-state index contributed by atoms with van der Waals surface area (Å²) in [6, 6.07) is 11.5. The molecule has 2 aromatic heterocycles. The number of hydrogen-bond donors (Lipinski definition) is 1. The minimum Gasteiger partial charge on any atom is -0.320 e. The van der Waals surface area contributed by atoms with Crippen molar-refractivity contribution in [3.63, 3.8) is 0 Å². The molecule has 0 saturated heterocycles. The Labute approximate surface area is 149 Å². The summed E-state index contributed by atoms with van der Waals surface area (Å²) < 4.78 is 0. The number of anilines is 4. The van der Waals surface area contributed by atoms with E-state index in [9.17, 15) is 10.1 Å². The molecule has 3 aromatic rings. The molecule has 8 nitrogen and oxygen atoms in total. The molecule has 3 heterocycles. The quantitative estimate of drug-likeness (QED) is 0.569. The second kappa shape index (κ2) is 6.40. The molecule has 0 atom stereocenters. The summed E-state index contributed by atoms with van der Waals surface area (Å²) in [6.07, 6.45) is 3.78. The predicted molar refractivity (Wildman–Crippen MR) is 98.1 cm³/mol. The van der Waals surface area contributed by atoms with E-state index in [0.29, 0.717) is 12.4 Å². The first-order valence-corrected chi connectivity index (χ1v) is 8.18. The third-order valence-electron chi connectivity index (χ3n) is 4.37. The second-order valence-corrected chi connectivity index (χ2v) is 5.98.